The summed E-state index contributed by atoms with van der Waals surface area (Å²) in [6.07, 6.45) is 3.40. The van der Waals surface area contributed by atoms with E-state index >= 15 is 0 Å². The van der Waals surface area contributed by atoms with E-state index in [2.05, 4.69) is 10.1 Å². The molecule has 0 bridgehead atoms. The molecule has 88 valence electrons. The van der Waals surface area contributed by atoms with Crippen LogP contribution in [0.1, 0.15) is 30.4 Å². The van der Waals surface area contributed by atoms with E-state index in [0.717, 1.165) is 5.56 Å². The second-order valence-corrected chi connectivity index (χ2v) is 4.06. The smallest absolute Gasteiger partial charge is 0.267 e. The third-order valence-corrected chi connectivity index (χ3v) is 2.43. The summed E-state index contributed by atoms with van der Waals surface area (Å²) in [5.41, 5.74) is 7.32. The third kappa shape index (κ3) is 2.18. The summed E-state index contributed by atoms with van der Waals surface area (Å²) in [6, 6.07) is 5.50. The van der Waals surface area contributed by atoms with Crippen molar-refractivity contribution < 1.29 is 4.79 Å². The Bertz CT molecular complexity index is 531. The largest absolute Gasteiger partial charge is 0.364 e. The lowest BCUT2D eigenvalue weighted by Gasteiger charge is -2.07. The van der Waals surface area contributed by atoms with Gasteiger partial charge >= 0.3 is 0 Å². The lowest BCUT2D eigenvalue weighted by molar-refractivity contribution is 0.0988. The van der Waals surface area contributed by atoms with Crippen LogP contribution >= 0.6 is 0 Å². The van der Waals surface area contributed by atoms with Crippen molar-refractivity contribution in [3.8, 4) is 11.3 Å². The van der Waals surface area contributed by atoms with Crippen molar-refractivity contribution in [3.63, 3.8) is 0 Å². The van der Waals surface area contributed by atoms with Gasteiger partial charge in [0, 0.05) is 24.0 Å². The highest BCUT2D eigenvalue weighted by Crippen LogP contribution is 2.20. The van der Waals surface area contributed by atoms with Crippen molar-refractivity contribution in [3.05, 3.63) is 36.3 Å². The fourth-order valence-corrected chi connectivity index (χ4v) is 1.63. The number of amides is 1. The van der Waals surface area contributed by atoms with Gasteiger partial charge in [0.25, 0.3) is 5.91 Å². The fourth-order valence-electron chi connectivity index (χ4n) is 1.63. The molecule has 0 spiro atoms. The minimum Gasteiger partial charge on any atom is -0.364 e. The molecule has 0 saturated heterocycles. The summed E-state index contributed by atoms with van der Waals surface area (Å²) in [4.78, 5) is 15.3. The van der Waals surface area contributed by atoms with Crippen LogP contribution in [0, 0.1) is 0 Å². The van der Waals surface area contributed by atoms with E-state index in [1.54, 1.807) is 23.1 Å². The molecule has 2 N–H and O–H groups in total. The first kappa shape index (κ1) is 11.3. The standard InChI is InChI=1S/C12H14N4O/c1-8(2)16-11(12(13)17)6-10(15-16)9-4-3-5-14-7-9/h3-8H,1-2H3,(H2,13,17). The van der Waals surface area contributed by atoms with Gasteiger partial charge in [0.1, 0.15) is 5.69 Å². The summed E-state index contributed by atoms with van der Waals surface area (Å²) in [6.45, 7) is 3.90. The van der Waals surface area contributed by atoms with Crippen LogP contribution in [-0.2, 0) is 0 Å². The van der Waals surface area contributed by atoms with Crippen LogP contribution in [0.4, 0.5) is 0 Å². The van der Waals surface area contributed by atoms with Crippen molar-refractivity contribution in [1.29, 1.82) is 0 Å². The van der Waals surface area contributed by atoms with E-state index in [4.69, 9.17) is 5.73 Å². The number of hydrogen-bond acceptors (Lipinski definition) is 3. The average Bonchev–Trinajstić information content (AvgIpc) is 2.75. The molecule has 0 aliphatic carbocycles. The first-order valence-electron chi connectivity index (χ1n) is 5.39. The number of pyridine rings is 1. The van der Waals surface area contributed by atoms with Gasteiger partial charge in [-0.1, -0.05) is 0 Å². The van der Waals surface area contributed by atoms with Crippen LogP contribution in [0.25, 0.3) is 11.3 Å². The van der Waals surface area contributed by atoms with Crippen molar-refractivity contribution in [2.24, 2.45) is 5.73 Å². The number of primary amides is 1. The lowest BCUT2D eigenvalue weighted by atomic mass is 10.2. The molecule has 0 radical (unpaired) electrons. The second-order valence-electron chi connectivity index (χ2n) is 4.06. The van der Waals surface area contributed by atoms with Crippen LogP contribution < -0.4 is 5.73 Å². The summed E-state index contributed by atoms with van der Waals surface area (Å²) in [7, 11) is 0. The Kier molecular flexibility index (Phi) is 2.91. The summed E-state index contributed by atoms with van der Waals surface area (Å²) in [5, 5.41) is 4.38. The highest BCUT2D eigenvalue weighted by molar-refractivity contribution is 5.92. The molecule has 0 aromatic carbocycles. The van der Waals surface area contributed by atoms with Gasteiger partial charge in [-0.3, -0.25) is 14.5 Å². The van der Waals surface area contributed by atoms with Crippen LogP contribution in [0.2, 0.25) is 0 Å². The molecule has 0 aliphatic rings. The average molecular weight is 230 g/mol. The minimum atomic E-state index is -0.471. The molecular formula is C12H14N4O. The van der Waals surface area contributed by atoms with E-state index in [1.165, 1.54) is 0 Å². The molecule has 0 unspecified atom stereocenters. The molecule has 1 amide bonds. The Hall–Kier alpha value is -2.17. The molecule has 2 aromatic rings. The molecule has 2 rings (SSSR count). The molecule has 0 aliphatic heterocycles. The van der Waals surface area contributed by atoms with Gasteiger partial charge in [0.15, 0.2) is 0 Å². The second kappa shape index (κ2) is 4.37. The Morgan fingerprint density at radius 1 is 1.47 bits per heavy atom. The maximum absolute atomic E-state index is 11.3. The number of hydrogen-bond donors (Lipinski definition) is 1. The van der Waals surface area contributed by atoms with Gasteiger partial charge in [-0.05, 0) is 32.0 Å². The van der Waals surface area contributed by atoms with Crippen LogP contribution in [0.5, 0.6) is 0 Å². The van der Waals surface area contributed by atoms with E-state index in [9.17, 15) is 4.79 Å². The van der Waals surface area contributed by atoms with Crippen molar-refractivity contribution in [1.82, 2.24) is 14.8 Å². The highest BCUT2D eigenvalue weighted by Gasteiger charge is 2.15. The SMILES string of the molecule is CC(C)n1nc(-c2cccnc2)cc1C(N)=O. The lowest BCUT2D eigenvalue weighted by Crippen LogP contribution is -2.18. The van der Waals surface area contributed by atoms with Crippen molar-refractivity contribution >= 4 is 5.91 Å². The maximum Gasteiger partial charge on any atom is 0.267 e. The maximum atomic E-state index is 11.3. The van der Waals surface area contributed by atoms with Gasteiger partial charge in [-0.15, -0.1) is 0 Å². The van der Waals surface area contributed by atoms with E-state index in [1.807, 2.05) is 26.0 Å². The molecule has 5 heteroatoms. The number of rotatable bonds is 3. The summed E-state index contributed by atoms with van der Waals surface area (Å²) in [5.74, 6) is -0.471. The molecule has 0 fully saturated rings. The van der Waals surface area contributed by atoms with Crippen LogP contribution in [0.3, 0.4) is 0 Å². The zero-order chi connectivity index (χ0) is 12.4. The number of carbonyl (C=O) groups excluding carboxylic acids is 1. The Labute approximate surface area is 99.3 Å². The normalized spacial score (nSPS) is 10.8. The van der Waals surface area contributed by atoms with Crippen LogP contribution in [-0.4, -0.2) is 20.7 Å². The van der Waals surface area contributed by atoms with Gasteiger partial charge in [-0.25, -0.2) is 0 Å². The molecular weight excluding hydrogens is 216 g/mol. The molecule has 0 atom stereocenters. The number of aromatic nitrogens is 3. The fraction of sp³-hybridized carbons (Fsp3) is 0.250. The molecule has 5 nitrogen and oxygen atoms in total. The first-order chi connectivity index (χ1) is 8.09. The van der Waals surface area contributed by atoms with Crippen molar-refractivity contribution in [2.75, 3.05) is 0 Å². The molecule has 0 saturated carbocycles. The van der Waals surface area contributed by atoms with Crippen molar-refractivity contribution in [2.45, 2.75) is 19.9 Å². The minimum absolute atomic E-state index is 0.0860. The van der Waals surface area contributed by atoms with Gasteiger partial charge in [-0.2, -0.15) is 5.10 Å². The first-order valence-corrected chi connectivity index (χ1v) is 5.39. The summed E-state index contributed by atoms with van der Waals surface area (Å²) < 4.78 is 1.63. The monoisotopic (exact) mass is 230 g/mol. The van der Waals surface area contributed by atoms with Gasteiger partial charge in [0.05, 0.1) is 5.69 Å². The Balaban J connectivity index is 2.51. The Morgan fingerprint density at radius 2 is 2.24 bits per heavy atom. The van der Waals surface area contributed by atoms with E-state index in [-0.39, 0.29) is 6.04 Å². The Morgan fingerprint density at radius 3 is 2.71 bits per heavy atom. The molecule has 2 aromatic heterocycles. The molecule has 17 heavy (non-hydrogen) atoms. The number of carbonyl (C=O) groups is 1. The quantitative estimate of drug-likeness (QED) is 0.870. The van der Waals surface area contributed by atoms with Gasteiger partial charge < -0.3 is 5.73 Å². The zero-order valence-corrected chi connectivity index (χ0v) is 9.79. The molecule has 2 heterocycles. The predicted molar refractivity (Wildman–Crippen MR) is 64.4 cm³/mol. The van der Waals surface area contributed by atoms with Crippen LogP contribution in [0.15, 0.2) is 30.6 Å². The highest BCUT2D eigenvalue weighted by atomic mass is 16.1. The predicted octanol–water partition coefficient (Wildman–Crippen LogP) is 1.62. The number of nitrogens with zero attached hydrogens (tertiary/aromatic N) is 3. The number of nitrogens with two attached hydrogens (primary N) is 1. The van der Waals surface area contributed by atoms with E-state index < -0.39 is 5.91 Å². The third-order valence-electron chi connectivity index (χ3n) is 2.43. The zero-order valence-electron chi connectivity index (χ0n) is 9.79. The summed E-state index contributed by atoms with van der Waals surface area (Å²) >= 11 is 0. The van der Waals surface area contributed by atoms with E-state index in [0.29, 0.717) is 11.4 Å². The topological polar surface area (TPSA) is 73.8 Å². The van der Waals surface area contributed by atoms with Gasteiger partial charge in [0.2, 0.25) is 0 Å².